The van der Waals surface area contributed by atoms with E-state index in [9.17, 15) is 27.6 Å². The molecule has 3 aromatic rings. The van der Waals surface area contributed by atoms with Crippen LogP contribution < -0.4 is 9.62 Å². The van der Waals surface area contributed by atoms with Gasteiger partial charge in [-0.25, -0.2) is 13.2 Å². The molecule has 0 saturated carbocycles. The van der Waals surface area contributed by atoms with Gasteiger partial charge in [0.05, 0.1) is 32.4 Å². The van der Waals surface area contributed by atoms with Crippen molar-refractivity contribution < 1.29 is 32.3 Å². The number of hydrogen-bond acceptors (Lipinski definition) is 7. The first-order chi connectivity index (χ1) is 18.6. The number of nitrogens with zero attached hydrogens (tertiary/aromatic N) is 2. The average molecular weight is 570 g/mol. The van der Waals surface area contributed by atoms with Gasteiger partial charge in [0, 0.05) is 6.54 Å². The topological polar surface area (TPSA) is 130 Å². The van der Waals surface area contributed by atoms with Gasteiger partial charge in [0.1, 0.15) is 6.04 Å². The van der Waals surface area contributed by atoms with E-state index in [1.165, 1.54) is 41.6 Å². The molecule has 1 aliphatic heterocycles. The number of carbonyl (C=O) groups excluding carboxylic acids is 4. The summed E-state index contributed by atoms with van der Waals surface area (Å²) in [5.74, 6) is -3.04. The van der Waals surface area contributed by atoms with Crippen LogP contribution in [-0.2, 0) is 24.3 Å². The van der Waals surface area contributed by atoms with Crippen molar-refractivity contribution in [1.82, 2.24) is 4.90 Å². The van der Waals surface area contributed by atoms with Crippen LogP contribution in [0.4, 0.5) is 11.4 Å². The third-order valence-corrected chi connectivity index (χ3v) is 8.26. The number of imide groups is 1. The van der Waals surface area contributed by atoms with Crippen molar-refractivity contribution >= 4 is 56.7 Å². The maximum Gasteiger partial charge on any atom is 0.329 e. The number of carbonyl (C=O) groups is 4. The summed E-state index contributed by atoms with van der Waals surface area (Å²) in [5.41, 5.74) is 0.826. The van der Waals surface area contributed by atoms with Gasteiger partial charge in [-0.3, -0.25) is 23.6 Å². The van der Waals surface area contributed by atoms with Crippen LogP contribution in [0.1, 0.15) is 34.6 Å². The van der Waals surface area contributed by atoms with Crippen molar-refractivity contribution in [2.24, 2.45) is 0 Å². The Labute approximate surface area is 230 Å². The summed E-state index contributed by atoms with van der Waals surface area (Å²) >= 11 is 6.18. The van der Waals surface area contributed by atoms with Crippen LogP contribution in [0.5, 0.6) is 0 Å². The molecule has 1 N–H and O–H groups in total. The van der Waals surface area contributed by atoms with Gasteiger partial charge in [-0.15, -0.1) is 0 Å². The summed E-state index contributed by atoms with van der Waals surface area (Å²) in [4.78, 5) is 51.0. The second-order valence-electron chi connectivity index (χ2n) is 8.50. The minimum Gasteiger partial charge on any atom is -0.454 e. The van der Waals surface area contributed by atoms with Gasteiger partial charge >= 0.3 is 5.97 Å². The number of nitrogens with one attached hydrogen (secondary N) is 1. The molecule has 1 atom stereocenters. The highest BCUT2D eigenvalue weighted by Crippen LogP contribution is 2.29. The Morgan fingerprint density at radius 3 is 2.15 bits per heavy atom. The standard InChI is InChI=1S/C27H24ClN3O7S/c1-3-30(18-9-5-4-6-10-18)39(36,37)19-13-14-22(28)23(15-19)29-24(32)16-38-27(35)17(2)31-25(33)20-11-7-8-12-21(20)26(31)34/h4-15,17H,3,16H2,1-2H3,(H,29,32). The summed E-state index contributed by atoms with van der Waals surface area (Å²) < 4.78 is 32.9. The van der Waals surface area contributed by atoms with Crippen LogP contribution in [0.15, 0.2) is 77.7 Å². The van der Waals surface area contributed by atoms with Crippen molar-refractivity contribution in [3.8, 4) is 0 Å². The van der Waals surface area contributed by atoms with Crippen molar-refractivity contribution in [3.63, 3.8) is 0 Å². The predicted molar refractivity (Wildman–Crippen MR) is 144 cm³/mol. The molecular weight excluding hydrogens is 546 g/mol. The normalized spacial score (nSPS) is 13.6. The molecule has 12 heteroatoms. The third kappa shape index (κ3) is 5.50. The van der Waals surface area contributed by atoms with Crippen molar-refractivity contribution in [1.29, 1.82) is 0 Å². The quantitative estimate of drug-likeness (QED) is 0.307. The fourth-order valence-corrected chi connectivity index (χ4v) is 5.75. The van der Waals surface area contributed by atoms with E-state index < -0.39 is 46.4 Å². The first-order valence-corrected chi connectivity index (χ1v) is 13.7. The fourth-order valence-electron chi connectivity index (χ4n) is 4.08. The predicted octanol–water partition coefficient (Wildman–Crippen LogP) is 3.72. The molecule has 0 bridgehead atoms. The number of esters is 1. The largest absolute Gasteiger partial charge is 0.454 e. The zero-order chi connectivity index (χ0) is 28.3. The van der Waals surface area contributed by atoms with Crippen molar-refractivity contribution in [2.75, 3.05) is 22.8 Å². The zero-order valence-corrected chi connectivity index (χ0v) is 22.5. The van der Waals surface area contributed by atoms with Crippen LogP contribution in [0.2, 0.25) is 5.02 Å². The minimum absolute atomic E-state index is 0.00342. The maximum absolute atomic E-state index is 13.3. The Balaban J connectivity index is 1.42. The molecular formula is C27H24ClN3O7S. The Kier molecular flexibility index (Phi) is 8.03. The third-order valence-electron chi connectivity index (χ3n) is 6.03. The highest BCUT2D eigenvalue weighted by molar-refractivity contribution is 7.92. The lowest BCUT2D eigenvalue weighted by Crippen LogP contribution is -2.44. The van der Waals surface area contributed by atoms with E-state index in [0.717, 1.165) is 4.90 Å². The van der Waals surface area contributed by atoms with E-state index in [4.69, 9.17) is 16.3 Å². The number of rotatable bonds is 9. The lowest BCUT2D eigenvalue weighted by atomic mass is 10.1. The lowest BCUT2D eigenvalue weighted by molar-refractivity contribution is -0.150. The Hall–Kier alpha value is -4.22. The number of anilines is 2. The summed E-state index contributed by atoms with van der Waals surface area (Å²) in [7, 11) is -3.99. The van der Waals surface area contributed by atoms with Gasteiger partial charge in [-0.05, 0) is 56.3 Å². The number of benzene rings is 3. The molecule has 0 radical (unpaired) electrons. The Bertz CT molecular complexity index is 1530. The SMILES string of the molecule is CCN(c1ccccc1)S(=O)(=O)c1ccc(Cl)c(NC(=O)COC(=O)C(C)N2C(=O)c3ccccc3C2=O)c1. The smallest absolute Gasteiger partial charge is 0.329 e. The van der Waals surface area contributed by atoms with Crippen LogP contribution in [-0.4, -0.2) is 56.2 Å². The minimum atomic E-state index is -3.99. The van der Waals surface area contributed by atoms with Gasteiger partial charge in [0.2, 0.25) is 0 Å². The summed E-state index contributed by atoms with van der Waals surface area (Å²) in [6.07, 6.45) is 0. The number of para-hydroxylation sites is 1. The van der Waals surface area contributed by atoms with E-state index in [-0.39, 0.29) is 33.3 Å². The molecule has 0 saturated heterocycles. The molecule has 1 aliphatic rings. The second-order valence-corrected chi connectivity index (χ2v) is 10.8. The molecule has 0 aliphatic carbocycles. The number of amides is 3. The molecule has 3 amide bonds. The van der Waals surface area contributed by atoms with Gasteiger partial charge < -0.3 is 10.1 Å². The van der Waals surface area contributed by atoms with Gasteiger partial charge in [0.25, 0.3) is 27.7 Å². The van der Waals surface area contributed by atoms with Crippen LogP contribution in [0.3, 0.4) is 0 Å². The van der Waals surface area contributed by atoms with E-state index in [1.54, 1.807) is 49.4 Å². The van der Waals surface area contributed by atoms with Gasteiger partial charge in [-0.1, -0.05) is 41.9 Å². The Morgan fingerprint density at radius 2 is 1.56 bits per heavy atom. The molecule has 1 heterocycles. The number of sulfonamides is 1. The highest BCUT2D eigenvalue weighted by Gasteiger charge is 2.41. The maximum atomic E-state index is 13.3. The molecule has 39 heavy (non-hydrogen) atoms. The molecule has 3 aromatic carbocycles. The second kappa shape index (κ2) is 11.3. The van der Waals surface area contributed by atoms with Gasteiger partial charge in [-0.2, -0.15) is 0 Å². The molecule has 1 unspecified atom stereocenters. The van der Waals surface area contributed by atoms with Gasteiger partial charge in [0.15, 0.2) is 6.61 Å². The lowest BCUT2D eigenvalue weighted by Gasteiger charge is -2.23. The molecule has 4 rings (SSSR count). The number of ether oxygens (including phenoxy) is 1. The number of fused-ring (bicyclic) bond motifs is 1. The molecule has 202 valence electrons. The van der Waals surface area contributed by atoms with E-state index in [1.807, 2.05) is 0 Å². The summed E-state index contributed by atoms with van der Waals surface area (Å²) in [6.45, 7) is 2.42. The van der Waals surface area contributed by atoms with Crippen LogP contribution in [0, 0.1) is 0 Å². The number of halogens is 1. The highest BCUT2D eigenvalue weighted by atomic mass is 35.5. The summed E-state index contributed by atoms with van der Waals surface area (Å²) in [5, 5.41) is 2.50. The van der Waals surface area contributed by atoms with Crippen LogP contribution >= 0.6 is 11.6 Å². The molecule has 10 nitrogen and oxygen atoms in total. The van der Waals surface area contributed by atoms with E-state index in [2.05, 4.69) is 5.32 Å². The monoisotopic (exact) mass is 569 g/mol. The van der Waals surface area contributed by atoms with Crippen molar-refractivity contribution in [3.05, 3.63) is 88.9 Å². The zero-order valence-electron chi connectivity index (χ0n) is 21.0. The van der Waals surface area contributed by atoms with Crippen LogP contribution in [0.25, 0.3) is 0 Å². The molecule has 0 fully saturated rings. The fraction of sp³-hybridized carbons (Fsp3) is 0.185. The number of hydrogen-bond donors (Lipinski definition) is 1. The average Bonchev–Trinajstić information content (AvgIpc) is 3.18. The molecule has 0 aromatic heterocycles. The van der Waals surface area contributed by atoms with E-state index >= 15 is 0 Å². The Morgan fingerprint density at radius 1 is 0.974 bits per heavy atom. The first kappa shape index (κ1) is 27.8. The first-order valence-electron chi connectivity index (χ1n) is 11.9. The molecule has 0 spiro atoms. The van der Waals surface area contributed by atoms with E-state index in [0.29, 0.717) is 5.69 Å². The summed E-state index contributed by atoms with van der Waals surface area (Å²) in [6, 6.07) is 17.3. The van der Waals surface area contributed by atoms with Crippen molar-refractivity contribution in [2.45, 2.75) is 24.8 Å².